The van der Waals surface area contributed by atoms with E-state index < -0.39 is 5.60 Å². The lowest BCUT2D eigenvalue weighted by atomic mass is 10.1. The molecule has 0 bridgehead atoms. The quantitative estimate of drug-likeness (QED) is 0.871. The molecular weight excluding hydrogens is 230 g/mol. The fraction of sp³-hybridized carbons (Fsp3) is 0.538. The molecule has 0 unspecified atom stereocenters. The highest BCUT2D eigenvalue weighted by molar-refractivity contribution is 6.01. The molecule has 2 heterocycles. The van der Waals surface area contributed by atoms with Crippen molar-refractivity contribution in [2.45, 2.75) is 39.3 Å². The number of hydrogen-bond acceptors (Lipinski definition) is 4. The van der Waals surface area contributed by atoms with E-state index >= 15 is 0 Å². The van der Waals surface area contributed by atoms with Gasteiger partial charge in [0.2, 0.25) is 0 Å². The van der Waals surface area contributed by atoms with Crippen molar-refractivity contribution in [3.63, 3.8) is 0 Å². The Morgan fingerprint density at radius 3 is 2.67 bits per heavy atom. The Bertz CT molecular complexity index is 483. The molecule has 0 aliphatic carbocycles. The standard InChI is InChI=1S/C13H19N3O2/c1-8(2)14-10-7-6-9-11(15-10)16(5)12(17)13(3,4)18-9/h6-8H,1-5H3,(H,14,15). The summed E-state index contributed by atoms with van der Waals surface area (Å²) in [4.78, 5) is 18.0. The molecule has 1 aliphatic heterocycles. The first-order chi connectivity index (χ1) is 8.31. The number of likely N-dealkylation sites (N-methyl/N-ethyl adjacent to an activating group) is 1. The van der Waals surface area contributed by atoms with Crippen LogP contribution >= 0.6 is 0 Å². The summed E-state index contributed by atoms with van der Waals surface area (Å²) in [7, 11) is 1.72. The van der Waals surface area contributed by atoms with Crippen molar-refractivity contribution < 1.29 is 9.53 Å². The molecule has 5 heteroatoms. The number of carbonyl (C=O) groups is 1. The Morgan fingerprint density at radius 2 is 2.06 bits per heavy atom. The van der Waals surface area contributed by atoms with Crippen molar-refractivity contribution in [1.29, 1.82) is 0 Å². The maximum Gasteiger partial charge on any atom is 0.271 e. The van der Waals surface area contributed by atoms with Crippen molar-refractivity contribution >= 4 is 17.5 Å². The van der Waals surface area contributed by atoms with Crippen LogP contribution in [0.2, 0.25) is 0 Å². The first-order valence-corrected chi connectivity index (χ1v) is 6.06. The number of fused-ring (bicyclic) bond motifs is 1. The molecule has 1 amide bonds. The lowest BCUT2D eigenvalue weighted by Gasteiger charge is -2.36. The highest BCUT2D eigenvalue weighted by Crippen LogP contribution is 2.36. The average Bonchev–Trinajstić information content (AvgIpc) is 2.26. The first kappa shape index (κ1) is 12.7. The molecule has 5 nitrogen and oxygen atoms in total. The molecular formula is C13H19N3O2. The second-order valence-electron chi connectivity index (χ2n) is 5.29. The van der Waals surface area contributed by atoms with E-state index in [2.05, 4.69) is 10.3 Å². The Hall–Kier alpha value is -1.78. The fourth-order valence-electron chi connectivity index (χ4n) is 1.95. The van der Waals surface area contributed by atoms with Crippen LogP contribution in [0.15, 0.2) is 12.1 Å². The van der Waals surface area contributed by atoms with Crippen LogP contribution in [0, 0.1) is 0 Å². The first-order valence-electron chi connectivity index (χ1n) is 6.06. The number of pyridine rings is 1. The van der Waals surface area contributed by atoms with Crippen LogP contribution in [-0.2, 0) is 4.79 Å². The third kappa shape index (κ3) is 2.12. The molecule has 1 aromatic rings. The lowest BCUT2D eigenvalue weighted by molar-refractivity contribution is -0.132. The van der Waals surface area contributed by atoms with Crippen LogP contribution < -0.4 is 15.0 Å². The maximum atomic E-state index is 12.1. The molecule has 0 aromatic carbocycles. The molecule has 2 rings (SSSR count). The molecule has 1 N–H and O–H groups in total. The minimum absolute atomic E-state index is 0.0933. The van der Waals surface area contributed by atoms with Gasteiger partial charge >= 0.3 is 0 Å². The van der Waals surface area contributed by atoms with Gasteiger partial charge in [-0.25, -0.2) is 4.98 Å². The van der Waals surface area contributed by atoms with Crippen molar-refractivity contribution in [2.75, 3.05) is 17.3 Å². The molecule has 18 heavy (non-hydrogen) atoms. The Labute approximate surface area is 107 Å². The van der Waals surface area contributed by atoms with Crippen molar-refractivity contribution in [3.05, 3.63) is 12.1 Å². The number of aromatic nitrogens is 1. The predicted molar refractivity (Wildman–Crippen MR) is 71.1 cm³/mol. The van der Waals surface area contributed by atoms with Gasteiger partial charge in [-0.15, -0.1) is 0 Å². The zero-order chi connectivity index (χ0) is 13.5. The number of anilines is 2. The van der Waals surface area contributed by atoms with Crippen LogP contribution in [-0.4, -0.2) is 29.6 Å². The normalized spacial score (nSPS) is 17.4. The third-order valence-corrected chi connectivity index (χ3v) is 2.78. The van der Waals surface area contributed by atoms with Gasteiger partial charge in [-0.1, -0.05) is 0 Å². The summed E-state index contributed by atoms with van der Waals surface area (Å²) in [6.45, 7) is 7.59. The highest BCUT2D eigenvalue weighted by Gasteiger charge is 2.40. The summed E-state index contributed by atoms with van der Waals surface area (Å²) < 4.78 is 5.68. The summed E-state index contributed by atoms with van der Waals surface area (Å²) in [6, 6.07) is 3.99. The number of carbonyl (C=O) groups excluding carboxylic acids is 1. The van der Waals surface area contributed by atoms with E-state index in [1.807, 2.05) is 26.0 Å². The molecule has 0 saturated heterocycles. The average molecular weight is 249 g/mol. The van der Waals surface area contributed by atoms with Gasteiger partial charge in [0, 0.05) is 13.1 Å². The molecule has 0 atom stereocenters. The van der Waals surface area contributed by atoms with Gasteiger partial charge in [0.1, 0.15) is 5.82 Å². The monoisotopic (exact) mass is 249 g/mol. The molecule has 98 valence electrons. The van der Waals surface area contributed by atoms with Gasteiger partial charge in [-0.05, 0) is 39.8 Å². The molecule has 0 spiro atoms. The van der Waals surface area contributed by atoms with Crippen LogP contribution in [0.5, 0.6) is 5.75 Å². The van der Waals surface area contributed by atoms with E-state index in [1.165, 1.54) is 0 Å². The summed E-state index contributed by atoms with van der Waals surface area (Å²) in [5, 5.41) is 3.21. The van der Waals surface area contributed by atoms with E-state index in [-0.39, 0.29) is 11.9 Å². The molecule has 0 radical (unpaired) electrons. The Morgan fingerprint density at radius 1 is 1.39 bits per heavy atom. The summed E-state index contributed by atoms with van der Waals surface area (Å²) >= 11 is 0. The molecule has 1 aliphatic rings. The van der Waals surface area contributed by atoms with Crippen LogP contribution in [0.4, 0.5) is 11.6 Å². The van der Waals surface area contributed by atoms with E-state index in [1.54, 1.807) is 25.8 Å². The largest absolute Gasteiger partial charge is 0.474 e. The van der Waals surface area contributed by atoms with E-state index in [0.717, 1.165) is 5.82 Å². The van der Waals surface area contributed by atoms with E-state index in [9.17, 15) is 4.79 Å². The van der Waals surface area contributed by atoms with E-state index in [4.69, 9.17) is 4.74 Å². The minimum Gasteiger partial charge on any atom is -0.474 e. The molecule has 1 aromatic heterocycles. The Kier molecular flexibility index (Phi) is 2.92. The second kappa shape index (κ2) is 4.15. The highest BCUT2D eigenvalue weighted by atomic mass is 16.5. The van der Waals surface area contributed by atoms with Gasteiger partial charge < -0.3 is 10.1 Å². The smallest absolute Gasteiger partial charge is 0.271 e. The number of hydrogen-bond donors (Lipinski definition) is 1. The topological polar surface area (TPSA) is 54.5 Å². The number of nitrogens with zero attached hydrogens (tertiary/aromatic N) is 2. The van der Waals surface area contributed by atoms with Gasteiger partial charge in [-0.3, -0.25) is 9.69 Å². The van der Waals surface area contributed by atoms with Crippen molar-refractivity contribution in [2.24, 2.45) is 0 Å². The van der Waals surface area contributed by atoms with Crippen molar-refractivity contribution in [3.8, 4) is 5.75 Å². The van der Waals surface area contributed by atoms with E-state index in [0.29, 0.717) is 11.6 Å². The zero-order valence-corrected chi connectivity index (χ0v) is 11.4. The van der Waals surface area contributed by atoms with Gasteiger partial charge in [0.05, 0.1) is 0 Å². The summed E-state index contributed by atoms with van der Waals surface area (Å²) in [6.07, 6.45) is 0. The predicted octanol–water partition coefficient (Wildman–Crippen LogP) is 2.04. The summed E-state index contributed by atoms with van der Waals surface area (Å²) in [5.74, 6) is 1.84. The van der Waals surface area contributed by atoms with Crippen LogP contribution in [0.3, 0.4) is 0 Å². The number of rotatable bonds is 2. The molecule has 0 fully saturated rings. The number of amides is 1. The van der Waals surface area contributed by atoms with Crippen LogP contribution in [0.25, 0.3) is 0 Å². The third-order valence-electron chi connectivity index (χ3n) is 2.78. The maximum absolute atomic E-state index is 12.1. The molecule has 0 saturated carbocycles. The van der Waals surface area contributed by atoms with Gasteiger partial charge in [0.25, 0.3) is 5.91 Å². The zero-order valence-electron chi connectivity index (χ0n) is 11.4. The number of nitrogens with one attached hydrogen (secondary N) is 1. The minimum atomic E-state index is -0.837. The SMILES string of the molecule is CC(C)Nc1ccc2c(n1)N(C)C(=O)C(C)(C)O2. The fourth-order valence-corrected chi connectivity index (χ4v) is 1.95. The lowest BCUT2D eigenvalue weighted by Crippen LogP contribution is -2.51. The second-order valence-corrected chi connectivity index (χ2v) is 5.29. The number of ether oxygens (including phenoxy) is 1. The Balaban J connectivity index is 2.39. The van der Waals surface area contributed by atoms with Crippen LogP contribution in [0.1, 0.15) is 27.7 Å². The van der Waals surface area contributed by atoms with Crippen molar-refractivity contribution in [1.82, 2.24) is 4.98 Å². The van der Waals surface area contributed by atoms with Gasteiger partial charge in [0.15, 0.2) is 17.2 Å². The summed E-state index contributed by atoms with van der Waals surface area (Å²) in [5.41, 5.74) is -0.837. The van der Waals surface area contributed by atoms with Gasteiger partial charge in [-0.2, -0.15) is 0 Å².